The Balaban J connectivity index is 1.49. The van der Waals surface area contributed by atoms with Crippen LogP contribution in [0.5, 0.6) is 0 Å². The van der Waals surface area contributed by atoms with Crippen molar-refractivity contribution in [1.29, 1.82) is 0 Å². The van der Waals surface area contributed by atoms with Crippen LogP contribution in [0.1, 0.15) is 48.0 Å². The van der Waals surface area contributed by atoms with Crippen LogP contribution in [-0.4, -0.2) is 46.3 Å². The number of aromatic nitrogens is 1. The number of nitrogens with two attached hydrogens (primary N) is 1. The molecule has 1 unspecified atom stereocenters. The summed E-state index contributed by atoms with van der Waals surface area (Å²) in [6, 6.07) is 13.4. The molecule has 1 aliphatic carbocycles. The summed E-state index contributed by atoms with van der Waals surface area (Å²) in [6.45, 7) is 0. The van der Waals surface area contributed by atoms with Crippen LogP contribution >= 0.6 is 0 Å². The third kappa shape index (κ3) is 4.72. The molecule has 2 heterocycles. The first kappa shape index (κ1) is 21.7. The van der Waals surface area contributed by atoms with Gasteiger partial charge in [-0.15, -0.1) is 0 Å². The molecular weight excluding hydrogens is 402 g/mol. The van der Waals surface area contributed by atoms with Gasteiger partial charge in [0.1, 0.15) is 0 Å². The van der Waals surface area contributed by atoms with Gasteiger partial charge in [-0.25, -0.2) is 4.99 Å². The maximum absolute atomic E-state index is 13.2. The van der Waals surface area contributed by atoms with E-state index in [2.05, 4.69) is 15.3 Å². The van der Waals surface area contributed by atoms with Crippen molar-refractivity contribution in [3.05, 3.63) is 72.1 Å². The van der Waals surface area contributed by atoms with Crippen LogP contribution in [0.2, 0.25) is 0 Å². The highest BCUT2D eigenvalue weighted by atomic mass is 16.2. The zero-order valence-electron chi connectivity index (χ0n) is 18.3. The number of carbonyl (C=O) groups excluding carboxylic acids is 2. The predicted octanol–water partition coefficient (Wildman–Crippen LogP) is 3.00. The van der Waals surface area contributed by atoms with Crippen molar-refractivity contribution in [2.75, 3.05) is 7.05 Å². The van der Waals surface area contributed by atoms with E-state index in [9.17, 15) is 9.59 Å². The SMILES string of the molecule is CN1C(=O)[C@](C=Cc2ccccc2)(C[C@H]2CCCC(NC(=O)c3ccncc3)C2)N=C1N. The highest BCUT2D eigenvalue weighted by Gasteiger charge is 2.46. The Morgan fingerprint density at radius 1 is 1.22 bits per heavy atom. The molecule has 1 aliphatic heterocycles. The lowest BCUT2D eigenvalue weighted by molar-refractivity contribution is -0.129. The summed E-state index contributed by atoms with van der Waals surface area (Å²) < 4.78 is 0. The summed E-state index contributed by atoms with van der Waals surface area (Å²) in [7, 11) is 1.66. The quantitative estimate of drug-likeness (QED) is 0.734. The summed E-state index contributed by atoms with van der Waals surface area (Å²) in [5.74, 6) is 0.297. The number of aliphatic imine (C=N–C) groups is 1. The second-order valence-corrected chi connectivity index (χ2v) is 8.65. The van der Waals surface area contributed by atoms with E-state index in [1.807, 2.05) is 42.5 Å². The Hall–Kier alpha value is -3.48. The molecule has 166 valence electrons. The average Bonchev–Trinajstić information content (AvgIpc) is 3.03. The van der Waals surface area contributed by atoms with Crippen molar-refractivity contribution in [3.8, 4) is 0 Å². The van der Waals surface area contributed by atoms with Crippen LogP contribution in [0.15, 0.2) is 65.9 Å². The molecule has 0 saturated heterocycles. The normalized spacial score (nSPS) is 25.7. The number of hydrogen-bond acceptors (Lipinski definition) is 5. The molecule has 0 spiro atoms. The van der Waals surface area contributed by atoms with Crippen LogP contribution in [0.4, 0.5) is 0 Å². The number of pyridine rings is 1. The fourth-order valence-electron chi connectivity index (χ4n) is 4.65. The molecule has 2 aromatic rings. The van der Waals surface area contributed by atoms with Gasteiger partial charge in [-0.3, -0.25) is 19.5 Å². The second kappa shape index (κ2) is 9.34. The molecule has 2 amide bonds. The highest BCUT2D eigenvalue weighted by molar-refractivity contribution is 6.08. The largest absolute Gasteiger partial charge is 0.369 e. The van der Waals surface area contributed by atoms with Crippen LogP contribution < -0.4 is 11.1 Å². The molecule has 0 radical (unpaired) electrons. The van der Waals surface area contributed by atoms with Crippen molar-refractivity contribution in [2.45, 2.75) is 43.7 Å². The first-order valence-electron chi connectivity index (χ1n) is 11.1. The van der Waals surface area contributed by atoms with Gasteiger partial charge in [0.15, 0.2) is 11.5 Å². The van der Waals surface area contributed by atoms with E-state index in [1.165, 1.54) is 4.90 Å². The molecule has 4 rings (SSSR count). The van der Waals surface area contributed by atoms with Crippen molar-refractivity contribution < 1.29 is 9.59 Å². The predicted molar refractivity (Wildman–Crippen MR) is 125 cm³/mol. The summed E-state index contributed by atoms with van der Waals surface area (Å²) in [6.07, 6.45) is 11.4. The molecule has 32 heavy (non-hydrogen) atoms. The third-order valence-electron chi connectivity index (χ3n) is 6.34. The molecule has 0 bridgehead atoms. The Morgan fingerprint density at radius 3 is 2.66 bits per heavy atom. The van der Waals surface area contributed by atoms with Crippen LogP contribution in [0.3, 0.4) is 0 Å². The molecule has 7 nitrogen and oxygen atoms in total. The van der Waals surface area contributed by atoms with E-state index in [-0.39, 0.29) is 29.7 Å². The lowest BCUT2D eigenvalue weighted by atomic mass is 9.77. The summed E-state index contributed by atoms with van der Waals surface area (Å²) in [5, 5.41) is 3.15. The number of benzene rings is 1. The number of carbonyl (C=O) groups is 2. The number of hydrogen-bond donors (Lipinski definition) is 2. The van der Waals surface area contributed by atoms with Crippen molar-refractivity contribution in [2.24, 2.45) is 16.6 Å². The van der Waals surface area contributed by atoms with Gasteiger partial charge in [-0.05, 0) is 49.0 Å². The minimum absolute atomic E-state index is 0.0696. The number of rotatable bonds is 6. The zero-order chi connectivity index (χ0) is 22.6. The summed E-state index contributed by atoms with van der Waals surface area (Å²) in [4.78, 5) is 35.8. The fraction of sp³-hybridized carbons (Fsp3) is 0.360. The number of guanidine groups is 1. The van der Waals surface area contributed by atoms with E-state index in [0.29, 0.717) is 12.0 Å². The zero-order valence-corrected chi connectivity index (χ0v) is 18.3. The van der Waals surface area contributed by atoms with Crippen LogP contribution in [0, 0.1) is 5.92 Å². The fourth-order valence-corrected chi connectivity index (χ4v) is 4.65. The monoisotopic (exact) mass is 431 g/mol. The van der Waals surface area contributed by atoms with Gasteiger partial charge in [0, 0.05) is 31.0 Å². The molecule has 1 aromatic heterocycles. The first-order valence-corrected chi connectivity index (χ1v) is 11.1. The Labute approximate surface area is 188 Å². The van der Waals surface area contributed by atoms with Gasteiger partial charge in [0.25, 0.3) is 11.8 Å². The van der Waals surface area contributed by atoms with Gasteiger partial charge >= 0.3 is 0 Å². The summed E-state index contributed by atoms with van der Waals surface area (Å²) >= 11 is 0. The smallest absolute Gasteiger partial charge is 0.261 e. The maximum Gasteiger partial charge on any atom is 0.261 e. The molecule has 1 fully saturated rings. The molecule has 1 aromatic carbocycles. The van der Waals surface area contributed by atoms with E-state index in [1.54, 1.807) is 31.6 Å². The molecule has 3 N–H and O–H groups in total. The molecule has 7 heteroatoms. The Morgan fingerprint density at radius 2 is 1.97 bits per heavy atom. The summed E-state index contributed by atoms with van der Waals surface area (Å²) in [5.41, 5.74) is 6.65. The third-order valence-corrected chi connectivity index (χ3v) is 6.34. The second-order valence-electron chi connectivity index (χ2n) is 8.65. The lowest BCUT2D eigenvalue weighted by Gasteiger charge is -2.33. The lowest BCUT2D eigenvalue weighted by Crippen LogP contribution is -2.44. The van der Waals surface area contributed by atoms with Crippen molar-refractivity contribution in [3.63, 3.8) is 0 Å². The molecule has 2 aliphatic rings. The number of nitrogens with zero attached hydrogens (tertiary/aromatic N) is 3. The van der Waals surface area contributed by atoms with Crippen LogP contribution in [0.25, 0.3) is 6.08 Å². The van der Waals surface area contributed by atoms with Gasteiger partial charge < -0.3 is 11.1 Å². The Bertz CT molecular complexity index is 1020. The van der Waals surface area contributed by atoms with Crippen LogP contribution in [-0.2, 0) is 4.79 Å². The van der Waals surface area contributed by atoms with E-state index < -0.39 is 5.54 Å². The van der Waals surface area contributed by atoms with E-state index in [4.69, 9.17) is 5.73 Å². The number of likely N-dealkylation sites (N-methyl/N-ethyl adjacent to an activating group) is 1. The van der Waals surface area contributed by atoms with E-state index in [0.717, 1.165) is 31.2 Å². The standard InChI is InChI=1S/C25H29N5O2/c1-30-23(32)25(29-24(30)26,13-10-18-6-3-2-4-7-18)17-19-8-5-9-21(16-19)28-22(31)20-11-14-27-15-12-20/h2-4,6-7,10-15,19,21H,5,8-9,16-17H2,1H3,(H2,26,29)(H,28,31)/t19-,21?,25-/m0/s1. The van der Waals surface area contributed by atoms with Gasteiger partial charge in [-0.2, -0.15) is 0 Å². The van der Waals surface area contributed by atoms with Crippen molar-refractivity contribution >= 4 is 23.8 Å². The van der Waals surface area contributed by atoms with Gasteiger partial charge in [0.05, 0.1) is 0 Å². The minimum atomic E-state index is -1.00. The minimum Gasteiger partial charge on any atom is -0.369 e. The molecular formula is C25H29N5O2. The van der Waals surface area contributed by atoms with Gasteiger partial charge in [0.2, 0.25) is 0 Å². The highest BCUT2D eigenvalue weighted by Crippen LogP contribution is 2.37. The van der Waals surface area contributed by atoms with Gasteiger partial charge in [-0.1, -0.05) is 49.2 Å². The average molecular weight is 432 g/mol. The topological polar surface area (TPSA) is 101 Å². The first-order chi connectivity index (χ1) is 15.5. The Kier molecular flexibility index (Phi) is 6.35. The van der Waals surface area contributed by atoms with E-state index >= 15 is 0 Å². The maximum atomic E-state index is 13.2. The molecule has 3 atom stereocenters. The van der Waals surface area contributed by atoms with Crippen molar-refractivity contribution in [1.82, 2.24) is 15.2 Å². The number of nitrogens with one attached hydrogen (secondary N) is 1. The number of amides is 2. The molecule has 1 saturated carbocycles.